The average molecular weight is 1730 g/mol. The fraction of sp³-hybridized carbons (Fsp3) is 0.286. The van der Waals surface area contributed by atoms with E-state index in [4.69, 9.17) is 37.1 Å². The van der Waals surface area contributed by atoms with Gasteiger partial charge in [0, 0.05) is 93.6 Å². The average Bonchev–Trinajstić information content (AvgIpc) is 1.64. The van der Waals surface area contributed by atoms with Crippen LogP contribution in [0.15, 0.2) is 194 Å². The van der Waals surface area contributed by atoms with E-state index >= 15 is 0 Å². The molecule has 0 amide bonds. The monoisotopic (exact) mass is 1730 g/mol. The normalized spacial score (nSPS) is 14.8. The van der Waals surface area contributed by atoms with E-state index in [1.54, 1.807) is 54.5 Å². The molecule has 592 valence electrons. The smallest absolute Gasteiger partial charge is 0.379 e. The highest BCUT2D eigenvalue weighted by Gasteiger charge is 2.34. The molecule has 0 bridgehead atoms. The first kappa shape index (κ1) is 83.7. The second-order valence-electron chi connectivity index (χ2n) is 26.3. The van der Waals surface area contributed by atoms with Crippen molar-refractivity contribution in [3.8, 4) is 22.6 Å². The largest absolute Gasteiger partial charge is 0.748 e. The van der Waals surface area contributed by atoms with Crippen LogP contribution < -0.4 is 37.9 Å². The van der Waals surface area contributed by atoms with E-state index in [1.807, 2.05) is 159 Å². The number of halogens is 2. The number of aryl methyl sites for hydroxylation is 3. The topological polar surface area (TPSA) is 339 Å². The molecule has 6 heterocycles. The molecule has 0 fully saturated rings. The predicted molar refractivity (Wildman–Crippen MR) is 438 cm³/mol. The number of nitrogens with zero attached hydrogens (tertiary/aromatic N) is 6. The van der Waals surface area contributed by atoms with E-state index in [1.165, 1.54) is 23.1 Å². The van der Waals surface area contributed by atoms with Gasteiger partial charge in [-0.15, -0.1) is 0 Å². The van der Waals surface area contributed by atoms with Crippen LogP contribution in [0.3, 0.4) is 0 Å². The first-order chi connectivity index (χ1) is 53.3. The minimum absolute atomic E-state index is 0.138. The number of rotatable bonds is 30. The van der Waals surface area contributed by atoms with Crippen molar-refractivity contribution in [1.29, 1.82) is 0 Å². The number of methoxy groups -OCH3 is 1. The predicted octanol–water partition coefficient (Wildman–Crippen LogP) is 14.5. The highest BCUT2D eigenvalue weighted by Crippen LogP contribution is 2.50. The SMILES string of the molecule is CCCCC[n+]1c(C=C2Oc3ccc(-c4ccccc4)cc3N2CCCCS(=O)(=O)[O-])oc2ccc(OC)cc21.O=S(=O)([O-])CCCN1/C(=C/c2sc3ccc(Cl)cc3[n+]2CCCS(=O)(=O)[O-])Sc2ccc(Cl)cc21.O=S(=O)([O-])CCCN1/C(=C/c2sc3ccc4ccccc4c3[n+]2CCCS(=O)(=O)[O-])Sc2ccccc21. The fourth-order valence-corrected chi connectivity index (χ4v) is 20.6. The zero-order chi connectivity index (χ0) is 79.7. The summed E-state index contributed by atoms with van der Waals surface area (Å²) in [7, 11) is -20.0. The Hall–Kier alpha value is -7.68. The number of hydrogen-bond donors (Lipinski definition) is 0. The maximum Gasteiger partial charge on any atom is 0.379 e. The van der Waals surface area contributed by atoms with Crippen molar-refractivity contribution in [1.82, 2.24) is 0 Å². The maximum absolute atomic E-state index is 11.3. The van der Waals surface area contributed by atoms with Crippen LogP contribution >= 0.6 is 69.4 Å². The van der Waals surface area contributed by atoms with Gasteiger partial charge >= 0.3 is 5.89 Å². The highest BCUT2D eigenvalue weighted by molar-refractivity contribution is 8.04. The summed E-state index contributed by atoms with van der Waals surface area (Å²) >= 11 is 18.5. The second-order valence-corrected chi connectivity index (χ2v) is 39.1. The highest BCUT2D eigenvalue weighted by atomic mass is 35.5. The van der Waals surface area contributed by atoms with Gasteiger partial charge < -0.3 is 51.4 Å². The molecule has 0 N–H and O–H groups in total. The quantitative estimate of drug-likeness (QED) is 0.0229. The molecule has 3 aliphatic rings. The molecular formula is C77H76Cl2N6O18S9-2. The minimum atomic E-state index is -4.35. The summed E-state index contributed by atoms with van der Waals surface area (Å²) < 4.78 is 194. The van der Waals surface area contributed by atoms with Gasteiger partial charge in [0.05, 0.1) is 108 Å². The lowest BCUT2D eigenvalue weighted by Crippen LogP contribution is -2.36. The number of thioether (sulfide) groups is 2. The van der Waals surface area contributed by atoms with E-state index in [0.717, 1.165) is 132 Å². The molecule has 14 rings (SSSR count). The molecule has 0 atom stereocenters. The summed E-state index contributed by atoms with van der Waals surface area (Å²) in [5.41, 5.74) is 8.24. The molecule has 0 saturated carbocycles. The molecule has 0 aliphatic carbocycles. The van der Waals surface area contributed by atoms with Crippen LogP contribution in [-0.4, -0.2) is 120 Å². The van der Waals surface area contributed by atoms with Crippen LogP contribution in [0.4, 0.5) is 17.1 Å². The number of oxazole rings is 1. The molecule has 3 aromatic heterocycles. The standard InChI is InChI=1S/C31H34N2O6S.C25H24N2O6S4.C21H20Cl2N2O6S4/c1-3-4-8-17-33-27-21-25(37-2)14-16-29(27)39-31(33)22-30-32(18-9-10-19-40(34,35)36)26-20-24(13-15-28(26)38-30)23-11-6-5-7-12-23;28-36(29,30)15-5-13-26-20-9-3-4-10-21(20)34-23(26)17-24-27(14-6-16-37(31,32)33)25-19-8-2-1-7-18(19)11-12-22(25)35-24;22-14-3-5-18-16(11-14)24(7-1-9-34(26,27)28)20(32-18)13-21-25(8-2-10-35(29,30)31)17-12-15(23)4-6-19(17)33-21/h5-7,11-16,20-22H,3-4,8-10,17-19H2,1-2H3;1-4,7-12,17H,5-6,13-16H2,(H-,28,29,30,31,32,33);3-6,11-13H,1-2,7-10H2,(H-,26,27,28,29,30,31)/p-2. The van der Waals surface area contributed by atoms with E-state index in [0.29, 0.717) is 66.7 Å². The zero-order valence-corrected chi connectivity index (χ0v) is 69.3. The first-order valence-corrected chi connectivity index (χ1v) is 47.5. The molecule has 24 nitrogen and oxygen atoms in total. The number of ether oxygens (including phenoxy) is 2. The van der Waals surface area contributed by atoms with E-state index < -0.39 is 73.6 Å². The summed E-state index contributed by atoms with van der Waals surface area (Å²) in [4.78, 5) is 7.91. The number of hydrogen-bond acceptors (Lipinski definition) is 25. The van der Waals surface area contributed by atoms with E-state index in [9.17, 15) is 64.9 Å². The summed E-state index contributed by atoms with van der Waals surface area (Å²) in [6.45, 7) is 4.72. The number of unbranched alkanes of at least 4 members (excludes halogenated alkanes) is 3. The third-order valence-electron chi connectivity index (χ3n) is 18.3. The number of fused-ring (bicyclic) bond motifs is 8. The lowest BCUT2D eigenvalue weighted by Gasteiger charge is -2.20. The number of para-hydroxylation sites is 1. The Morgan fingerprint density at radius 3 is 1.71 bits per heavy atom. The van der Waals surface area contributed by atoms with Gasteiger partial charge in [-0.3, -0.25) is 0 Å². The van der Waals surface area contributed by atoms with Crippen LogP contribution in [0, 0.1) is 0 Å². The number of anilines is 3. The summed E-state index contributed by atoms with van der Waals surface area (Å²) in [5.74, 6) is 0.446. The van der Waals surface area contributed by atoms with Crippen LogP contribution in [0.5, 0.6) is 11.5 Å². The third kappa shape index (κ3) is 22.0. The summed E-state index contributed by atoms with van der Waals surface area (Å²) in [5, 5.41) is 6.50. The molecule has 11 aromatic rings. The molecule has 0 unspecified atom stereocenters. The van der Waals surface area contributed by atoms with Crippen molar-refractivity contribution in [2.45, 2.75) is 94.1 Å². The first-order valence-electron chi connectivity index (χ1n) is 35.6. The van der Waals surface area contributed by atoms with Crippen molar-refractivity contribution in [2.75, 3.05) is 70.2 Å². The van der Waals surface area contributed by atoms with Gasteiger partial charge in [0.2, 0.25) is 22.5 Å². The fourth-order valence-electron chi connectivity index (χ4n) is 13.2. The van der Waals surface area contributed by atoms with Gasteiger partial charge in [-0.25, -0.2) is 42.1 Å². The second kappa shape index (κ2) is 36.4. The Balaban J connectivity index is 0.000000156. The van der Waals surface area contributed by atoms with Crippen molar-refractivity contribution in [3.63, 3.8) is 0 Å². The molecule has 8 aromatic carbocycles. The number of thiazole rings is 2. The van der Waals surface area contributed by atoms with Gasteiger partial charge in [0.15, 0.2) is 25.4 Å². The van der Waals surface area contributed by atoms with Gasteiger partial charge in [0.25, 0.3) is 15.5 Å². The van der Waals surface area contributed by atoms with Crippen molar-refractivity contribution >= 4 is 198 Å². The molecule has 0 radical (unpaired) electrons. The molecular weight excluding hydrogens is 1660 g/mol. The van der Waals surface area contributed by atoms with E-state index in [-0.39, 0.29) is 37.9 Å². The van der Waals surface area contributed by atoms with Gasteiger partial charge in [0.1, 0.15) is 21.2 Å². The molecule has 112 heavy (non-hydrogen) atoms. The number of aromatic nitrogens is 3. The van der Waals surface area contributed by atoms with Gasteiger partial charge in [-0.2, -0.15) is 13.7 Å². The lowest BCUT2D eigenvalue weighted by molar-refractivity contribution is -0.678. The Bertz CT molecular complexity index is 6020. The maximum atomic E-state index is 11.3. The molecule has 0 saturated heterocycles. The molecule has 0 spiro atoms. The van der Waals surface area contributed by atoms with Gasteiger partial charge in [-0.1, -0.05) is 156 Å². The number of benzene rings is 8. The Morgan fingerprint density at radius 2 is 1.03 bits per heavy atom. The third-order valence-corrected chi connectivity index (χ3v) is 27.1. The van der Waals surface area contributed by atoms with Gasteiger partial charge in [-0.05, 0) is 127 Å². The Morgan fingerprint density at radius 1 is 0.464 bits per heavy atom. The summed E-state index contributed by atoms with van der Waals surface area (Å²) in [6, 6.07) is 52.6. The minimum Gasteiger partial charge on any atom is -0.748 e. The lowest BCUT2D eigenvalue weighted by atomic mass is 10.0. The van der Waals surface area contributed by atoms with Crippen LogP contribution in [0.2, 0.25) is 10.0 Å². The summed E-state index contributed by atoms with van der Waals surface area (Å²) in [6.07, 6.45) is 10.5. The van der Waals surface area contributed by atoms with Crippen LogP contribution in [0.1, 0.15) is 80.6 Å². The molecule has 35 heteroatoms. The van der Waals surface area contributed by atoms with Crippen molar-refractivity contribution in [3.05, 3.63) is 206 Å². The van der Waals surface area contributed by atoms with Crippen molar-refractivity contribution < 1.29 is 92.4 Å². The Kier molecular flexibility index (Phi) is 27.2. The van der Waals surface area contributed by atoms with E-state index in [2.05, 4.69) is 34.3 Å². The zero-order valence-electron chi connectivity index (χ0n) is 60.4. The van der Waals surface area contributed by atoms with Crippen LogP contribution in [0.25, 0.3) is 71.7 Å². The molecule has 3 aliphatic heterocycles. The van der Waals surface area contributed by atoms with Crippen LogP contribution in [-0.2, 0) is 70.2 Å². The Labute approximate surface area is 677 Å². The van der Waals surface area contributed by atoms with Crippen molar-refractivity contribution in [2.24, 2.45) is 0 Å².